The number of nitrogen functional groups attached to an aromatic ring is 1. The Morgan fingerprint density at radius 1 is 0.667 bits per heavy atom. The molecule has 0 fully saturated rings. The van der Waals surface area contributed by atoms with Crippen molar-refractivity contribution in [1.29, 1.82) is 0 Å². The summed E-state index contributed by atoms with van der Waals surface area (Å²) in [6.07, 6.45) is 0. The van der Waals surface area contributed by atoms with Gasteiger partial charge in [0.15, 0.2) is 0 Å². The van der Waals surface area contributed by atoms with Gasteiger partial charge in [0.2, 0.25) is 5.95 Å². The van der Waals surface area contributed by atoms with Gasteiger partial charge in [-0.25, -0.2) is 9.97 Å². The standard InChI is InChI=1S/C18H13N3/c19-18-20-16(13-7-2-1-3-8-13)15-11-10-12-6-4-5-9-14(12)17(15)21-18/h1-11H,(H2,19,20,21). The first kappa shape index (κ1) is 11.9. The van der Waals surface area contributed by atoms with Crippen molar-refractivity contribution < 1.29 is 0 Å². The lowest BCUT2D eigenvalue weighted by Crippen LogP contribution is -1.98. The molecule has 0 saturated heterocycles. The van der Waals surface area contributed by atoms with Crippen molar-refractivity contribution in [2.75, 3.05) is 5.73 Å². The van der Waals surface area contributed by atoms with E-state index in [1.54, 1.807) is 0 Å². The van der Waals surface area contributed by atoms with Crippen molar-refractivity contribution in [3.63, 3.8) is 0 Å². The van der Waals surface area contributed by atoms with Gasteiger partial charge in [-0.2, -0.15) is 0 Å². The second-order valence-electron chi connectivity index (χ2n) is 4.98. The van der Waals surface area contributed by atoms with Crippen molar-refractivity contribution in [3.8, 4) is 11.3 Å². The van der Waals surface area contributed by atoms with E-state index in [1.807, 2.05) is 42.5 Å². The first-order valence-electron chi connectivity index (χ1n) is 6.83. The molecule has 3 aromatic carbocycles. The third-order valence-corrected chi connectivity index (χ3v) is 3.66. The maximum absolute atomic E-state index is 5.93. The molecule has 0 atom stereocenters. The average molecular weight is 271 g/mol. The summed E-state index contributed by atoms with van der Waals surface area (Å²) in [4.78, 5) is 8.90. The van der Waals surface area contributed by atoms with Crippen LogP contribution >= 0.6 is 0 Å². The number of nitrogens with two attached hydrogens (primary N) is 1. The van der Waals surface area contributed by atoms with Gasteiger partial charge < -0.3 is 5.73 Å². The minimum absolute atomic E-state index is 0.303. The first-order chi connectivity index (χ1) is 10.3. The van der Waals surface area contributed by atoms with Crippen LogP contribution in [0.3, 0.4) is 0 Å². The summed E-state index contributed by atoms with van der Waals surface area (Å²) in [5.74, 6) is 0.303. The lowest BCUT2D eigenvalue weighted by atomic mass is 10.0. The number of rotatable bonds is 1. The van der Waals surface area contributed by atoms with Crippen molar-refractivity contribution >= 4 is 27.6 Å². The molecule has 0 aliphatic carbocycles. The third kappa shape index (κ3) is 1.91. The molecule has 0 amide bonds. The molecule has 0 saturated carbocycles. The fraction of sp³-hybridized carbons (Fsp3) is 0. The molecule has 3 nitrogen and oxygen atoms in total. The van der Waals surface area contributed by atoms with E-state index in [-0.39, 0.29) is 0 Å². The molecule has 1 heterocycles. The van der Waals surface area contributed by atoms with E-state index in [0.29, 0.717) is 5.95 Å². The number of aromatic nitrogens is 2. The van der Waals surface area contributed by atoms with Gasteiger partial charge in [-0.1, -0.05) is 60.7 Å². The molecule has 0 aliphatic heterocycles. The van der Waals surface area contributed by atoms with Gasteiger partial charge in [0, 0.05) is 16.3 Å². The normalized spacial score (nSPS) is 11.0. The highest BCUT2D eigenvalue weighted by Gasteiger charge is 2.10. The Bertz CT molecular complexity index is 946. The summed E-state index contributed by atoms with van der Waals surface area (Å²) in [7, 11) is 0. The van der Waals surface area contributed by atoms with Gasteiger partial charge in [0.25, 0.3) is 0 Å². The first-order valence-corrected chi connectivity index (χ1v) is 6.83. The highest BCUT2D eigenvalue weighted by Crippen LogP contribution is 2.31. The zero-order valence-corrected chi connectivity index (χ0v) is 11.3. The van der Waals surface area contributed by atoms with Crippen LogP contribution in [0.1, 0.15) is 0 Å². The average Bonchev–Trinajstić information content (AvgIpc) is 2.55. The summed E-state index contributed by atoms with van der Waals surface area (Å²) < 4.78 is 0. The second-order valence-corrected chi connectivity index (χ2v) is 4.98. The molecule has 4 aromatic rings. The smallest absolute Gasteiger partial charge is 0.221 e. The number of benzene rings is 3. The molecular formula is C18H13N3. The summed E-state index contributed by atoms with van der Waals surface area (Å²) in [5, 5.41) is 3.28. The van der Waals surface area contributed by atoms with Crippen molar-refractivity contribution in [3.05, 3.63) is 66.7 Å². The van der Waals surface area contributed by atoms with Gasteiger partial charge in [-0.3, -0.25) is 0 Å². The van der Waals surface area contributed by atoms with Gasteiger partial charge in [-0.15, -0.1) is 0 Å². The Morgan fingerprint density at radius 3 is 2.29 bits per heavy atom. The maximum atomic E-state index is 5.93. The molecule has 0 aliphatic rings. The zero-order valence-electron chi connectivity index (χ0n) is 11.3. The zero-order chi connectivity index (χ0) is 14.2. The topological polar surface area (TPSA) is 51.8 Å². The molecule has 2 N–H and O–H groups in total. The van der Waals surface area contributed by atoms with Gasteiger partial charge in [0.05, 0.1) is 11.2 Å². The predicted octanol–water partition coefficient (Wildman–Crippen LogP) is 4.03. The van der Waals surface area contributed by atoms with Crippen molar-refractivity contribution in [2.45, 2.75) is 0 Å². The Hall–Kier alpha value is -2.94. The molecule has 100 valence electrons. The number of hydrogen-bond acceptors (Lipinski definition) is 3. The van der Waals surface area contributed by atoms with Gasteiger partial charge in [0.1, 0.15) is 0 Å². The Labute approximate surface area is 122 Å². The molecule has 0 spiro atoms. The molecule has 4 rings (SSSR count). The van der Waals surface area contributed by atoms with Crippen LogP contribution in [0.25, 0.3) is 32.9 Å². The SMILES string of the molecule is Nc1nc(-c2ccccc2)c2ccc3ccccc3c2n1. The molecule has 21 heavy (non-hydrogen) atoms. The minimum atomic E-state index is 0.303. The number of nitrogens with zero attached hydrogens (tertiary/aromatic N) is 2. The minimum Gasteiger partial charge on any atom is -0.368 e. The van der Waals surface area contributed by atoms with E-state index in [0.717, 1.165) is 32.9 Å². The molecule has 1 aromatic heterocycles. The van der Waals surface area contributed by atoms with E-state index >= 15 is 0 Å². The van der Waals surface area contributed by atoms with E-state index in [1.165, 1.54) is 0 Å². The summed E-state index contributed by atoms with van der Waals surface area (Å²) in [5.41, 5.74) is 8.76. The fourth-order valence-corrected chi connectivity index (χ4v) is 2.70. The van der Waals surface area contributed by atoms with Gasteiger partial charge in [-0.05, 0) is 11.5 Å². The van der Waals surface area contributed by atoms with Crippen LogP contribution in [0.5, 0.6) is 0 Å². The van der Waals surface area contributed by atoms with Crippen LogP contribution in [0.2, 0.25) is 0 Å². The van der Waals surface area contributed by atoms with Crippen molar-refractivity contribution in [1.82, 2.24) is 9.97 Å². The molecule has 0 unspecified atom stereocenters. The van der Waals surface area contributed by atoms with Crippen LogP contribution in [-0.2, 0) is 0 Å². The highest BCUT2D eigenvalue weighted by atomic mass is 15.0. The fourth-order valence-electron chi connectivity index (χ4n) is 2.70. The number of hydrogen-bond donors (Lipinski definition) is 1. The van der Waals surface area contributed by atoms with Crippen LogP contribution in [0, 0.1) is 0 Å². The monoisotopic (exact) mass is 271 g/mol. The van der Waals surface area contributed by atoms with Crippen molar-refractivity contribution in [2.24, 2.45) is 0 Å². The molecular weight excluding hydrogens is 258 g/mol. The van der Waals surface area contributed by atoms with E-state index < -0.39 is 0 Å². The van der Waals surface area contributed by atoms with E-state index in [2.05, 4.69) is 34.2 Å². The largest absolute Gasteiger partial charge is 0.368 e. The van der Waals surface area contributed by atoms with Gasteiger partial charge >= 0.3 is 0 Å². The summed E-state index contributed by atoms with van der Waals surface area (Å²) in [6.45, 7) is 0. The summed E-state index contributed by atoms with van der Waals surface area (Å²) >= 11 is 0. The molecule has 3 heteroatoms. The van der Waals surface area contributed by atoms with Crippen LogP contribution in [-0.4, -0.2) is 9.97 Å². The quantitative estimate of drug-likeness (QED) is 0.532. The van der Waals surface area contributed by atoms with Crippen LogP contribution < -0.4 is 5.73 Å². The Balaban J connectivity index is 2.15. The molecule has 0 radical (unpaired) electrons. The third-order valence-electron chi connectivity index (χ3n) is 3.66. The predicted molar refractivity (Wildman–Crippen MR) is 86.9 cm³/mol. The number of fused-ring (bicyclic) bond motifs is 3. The summed E-state index contributed by atoms with van der Waals surface area (Å²) in [6, 6.07) is 22.4. The van der Waals surface area contributed by atoms with Crippen LogP contribution in [0.4, 0.5) is 5.95 Å². The molecule has 0 bridgehead atoms. The lowest BCUT2D eigenvalue weighted by Gasteiger charge is -2.09. The lowest BCUT2D eigenvalue weighted by molar-refractivity contribution is 1.25. The van der Waals surface area contributed by atoms with E-state index in [4.69, 9.17) is 5.73 Å². The Kier molecular flexibility index (Phi) is 2.57. The maximum Gasteiger partial charge on any atom is 0.221 e. The van der Waals surface area contributed by atoms with E-state index in [9.17, 15) is 0 Å². The second kappa shape index (κ2) is 4.56. The highest BCUT2D eigenvalue weighted by molar-refractivity contribution is 6.09. The van der Waals surface area contributed by atoms with Crippen LogP contribution in [0.15, 0.2) is 66.7 Å². The Morgan fingerprint density at radius 2 is 1.43 bits per heavy atom. The number of anilines is 1.